The molecular weight excluding hydrogens is 208 g/mol. The maximum Gasteiger partial charge on any atom is 0.138 e. The first kappa shape index (κ1) is 15.3. The van der Waals surface area contributed by atoms with Gasteiger partial charge in [0, 0.05) is 12.3 Å². The average molecular weight is 230 g/mol. The Balaban J connectivity index is 4.50. The average Bonchev–Trinajstić information content (AvgIpc) is 2.23. The Kier molecular flexibility index (Phi) is 5.86. The SMILES string of the molecule is CCC(=O)[C@@H](C)[C@@H](O)/C=C/[C@](C)(O)[C@@H](C)O. The fourth-order valence-electron chi connectivity index (χ4n) is 1.11. The maximum atomic E-state index is 11.3. The summed E-state index contributed by atoms with van der Waals surface area (Å²) in [4.78, 5) is 11.3. The zero-order valence-corrected chi connectivity index (χ0v) is 10.3. The van der Waals surface area contributed by atoms with Gasteiger partial charge in [-0.3, -0.25) is 4.79 Å². The molecule has 0 spiro atoms. The molecule has 0 radical (unpaired) electrons. The van der Waals surface area contributed by atoms with Crippen molar-refractivity contribution in [3.8, 4) is 0 Å². The molecule has 0 aromatic rings. The third kappa shape index (κ3) is 4.43. The van der Waals surface area contributed by atoms with Crippen LogP contribution in [0, 0.1) is 5.92 Å². The van der Waals surface area contributed by atoms with Crippen LogP contribution in [0.3, 0.4) is 0 Å². The number of aliphatic hydroxyl groups is 3. The summed E-state index contributed by atoms with van der Waals surface area (Å²) in [7, 11) is 0. The van der Waals surface area contributed by atoms with Gasteiger partial charge < -0.3 is 15.3 Å². The van der Waals surface area contributed by atoms with Crippen molar-refractivity contribution in [2.45, 2.75) is 51.9 Å². The van der Waals surface area contributed by atoms with Gasteiger partial charge in [-0.1, -0.05) is 26.0 Å². The van der Waals surface area contributed by atoms with Crippen molar-refractivity contribution < 1.29 is 20.1 Å². The van der Waals surface area contributed by atoms with Crippen molar-refractivity contribution in [3.63, 3.8) is 0 Å². The Morgan fingerprint density at radius 2 is 1.88 bits per heavy atom. The minimum Gasteiger partial charge on any atom is -0.390 e. The van der Waals surface area contributed by atoms with Crippen molar-refractivity contribution in [2.24, 2.45) is 5.92 Å². The molecule has 0 aromatic carbocycles. The Morgan fingerprint density at radius 1 is 1.38 bits per heavy atom. The standard InChI is InChI=1S/C12H22O4/c1-5-10(14)8(2)11(15)6-7-12(4,16)9(3)13/h6-9,11,13,15-16H,5H2,1-4H3/b7-6+/t8-,9-,11+,12+/m1/s1. The second-order valence-corrected chi connectivity index (χ2v) is 4.36. The zero-order chi connectivity index (χ0) is 12.9. The van der Waals surface area contributed by atoms with Gasteiger partial charge in [0.25, 0.3) is 0 Å². The van der Waals surface area contributed by atoms with Crippen LogP contribution in [0.5, 0.6) is 0 Å². The summed E-state index contributed by atoms with van der Waals surface area (Å²) in [5.41, 5.74) is -1.39. The lowest BCUT2D eigenvalue weighted by molar-refractivity contribution is -0.124. The molecule has 4 nitrogen and oxygen atoms in total. The van der Waals surface area contributed by atoms with E-state index in [1.165, 1.54) is 26.0 Å². The van der Waals surface area contributed by atoms with Crippen LogP contribution in [-0.4, -0.2) is 38.9 Å². The highest BCUT2D eigenvalue weighted by Gasteiger charge is 2.24. The summed E-state index contributed by atoms with van der Waals surface area (Å²) in [6, 6.07) is 0. The lowest BCUT2D eigenvalue weighted by Gasteiger charge is -2.23. The van der Waals surface area contributed by atoms with Crippen molar-refractivity contribution in [1.82, 2.24) is 0 Å². The largest absolute Gasteiger partial charge is 0.390 e. The van der Waals surface area contributed by atoms with E-state index in [1.807, 2.05) is 0 Å². The number of carbonyl (C=O) groups is 1. The second kappa shape index (κ2) is 6.13. The normalized spacial score (nSPS) is 21.4. The third-order valence-corrected chi connectivity index (χ3v) is 2.85. The summed E-state index contributed by atoms with van der Waals surface area (Å²) in [5.74, 6) is -0.528. The molecule has 4 atom stereocenters. The highest BCUT2D eigenvalue weighted by atomic mass is 16.3. The molecule has 0 rings (SSSR count). The Morgan fingerprint density at radius 3 is 2.25 bits per heavy atom. The van der Waals surface area contributed by atoms with E-state index >= 15 is 0 Å². The molecule has 0 heterocycles. The molecule has 94 valence electrons. The lowest BCUT2D eigenvalue weighted by Crippen LogP contribution is -2.35. The summed E-state index contributed by atoms with van der Waals surface area (Å²) >= 11 is 0. The molecule has 4 heteroatoms. The smallest absolute Gasteiger partial charge is 0.138 e. The molecule has 0 aromatic heterocycles. The Bertz CT molecular complexity index is 256. The predicted molar refractivity (Wildman–Crippen MR) is 61.9 cm³/mol. The Labute approximate surface area is 96.6 Å². The fraction of sp³-hybridized carbons (Fsp3) is 0.750. The minimum atomic E-state index is -1.39. The van der Waals surface area contributed by atoms with Crippen LogP contribution in [0.1, 0.15) is 34.1 Å². The minimum absolute atomic E-state index is 0.0335. The second-order valence-electron chi connectivity index (χ2n) is 4.36. The molecule has 0 aliphatic carbocycles. The topological polar surface area (TPSA) is 77.8 Å². The van der Waals surface area contributed by atoms with E-state index < -0.39 is 23.7 Å². The van der Waals surface area contributed by atoms with Crippen LogP contribution in [0.25, 0.3) is 0 Å². The van der Waals surface area contributed by atoms with Gasteiger partial charge in [0.2, 0.25) is 0 Å². The van der Waals surface area contributed by atoms with E-state index in [1.54, 1.807) is 13.8 Å². The van der Waals surface area contributed by atoms with Gasteiger partial charge in [-0.15, -0.1) is 0 Å². The molecule has 0 aliphatic rings. The van der Waals surface area contributed by atoms with Crippen LogP contribution < -0.4 is 0 Å². The summed E-state index contributed by atoms with van der Waals surface area (Å²) in [6.07, 6.45) is 1.18. The van der Waals surface area contributed by atoms with Crippen LogP contribution in [0.2, 0.25) is 0 Å². The van der Waals surface area contributed by atoms with Gasteiger partial charge >= 0.3 is 0 Å². The van der Waals surface area contributed by atoms with Gasteiger partial charge in [0.15, 0.2) is 0 Å². The first-order chi connectivity index (χ1) is 7.22. The summed E-state index contributed by atoms with van der Waals surface area (Å²) in [6.45, 7) is 6.27. The third-order valence-electron chi connectivity index (χ3n) is 2.85. The molecule has 0 fully saturated rings. The first-order valence-corrected chi connectivity index (χ1v) is 5.53. The van der Waals surface area contributed by atoms with Crippen LogP contribution >= 0.6 is 0 Å². The number of hydrogen-bond acceptors (Lipinski definition) is 4. The molecule has 0 aliphatic heterocycles. The molecule has 0 saturated heterocycles. The number of rotatable bonds is 6. The lowest BCUT2D eigenvalue weighted by atomic mass is 9.94. The van der Waals surface area contributed by atoms with Crippen molar-refractivity contribution >= 4 is 5.78 Å². The monoisotopic (exact) mass is 230 g/mol. The van der Waals surface area contributed by atoms with E-state index in [4.69, 9.17) is 0 Å². The predicted octanol–water partition coefficient (Wildman–Crippen LogP) is 0.650. The van der Waals surface area contributed by atoms with Gasteiger partial charge in [-0.25, -0.2) is 0 Å². The highest BCUT2D eigenvalue weighted by Crippen LogP contribution is 2.14. The number of carbonyl (C=O) groups excluding carboxylic acids is 1. The van der Waals surface area contributed by atoms with Crippen molar-refractivity contribution in [1.29, 1.82) is 0 Å². The number of aliphatic hydroxyl groups excluding tert-OH is 2. The van der Waals surface area contributed by atoms with Crippen LogP contribution in [-0.2, 0) is 4.79 Å². The number of ketones is 1. The van der Waals surface area contributed by atoms with Gasteiger partial charge in [-0.05, 0) is 13.8 Å². The molecule has 16 heavy (non-hydrogen) atoms. The van der Waals surface area contributed by atoms with Gasteiger partial charge in [0.05, 0.1) is 12.2 Å². The van der Waals surface area contributed by atoms with Crippen LogP contribution in [0.15, 0.2) is 12.2 Å². The van der Waals surface area contributed by atoms with E-state index in [0.717, 1.165) is 0 Å². The van der Waals surface area contributed by atoms with E-state index in [9.17, 15) is 20.1 Å². The van der Waals surface area contributed by atoms with Crippen molar-refractivity contribution in [2.75, 3.05) is 0 Å². The molecule has 0 unspecified atom stereocenters. The molecule has 0 saturated carbocycles. The van der Waals surface area contributed by atoms with E-state index in [0.29, 0.717) is 6.42 Å². The molecule has 0 amide bonds. The first-order valence-electron chi connectivity index (χ1n) is 5.53. The van der Waals surface area contributed by atoms with Gasteiger partial charge in [0.1, 0.15) is 11.4 Å². The maximum absolute atomic E-state index is 11.3. The highest BCUT2D eigenvalue weighted by molar-refractivity contribution is 5.81. The van der Waals surface area contributed by atoms with E-state index in [-0.39, 0.29) is 5.78 Å². The summed E-state index contributed by atoms with van der Waals surface area (Å²) < 4.78 is 0. The van der Waals surface area contributed by atoms with Crippen molar-refractivity contribution in [3.05, 3.63) is 12.2 Å². The number of hydrogen-bond donors (Lipinski definition) is 3. The molecule has 3 N–H and O–H groups in total. The summed E-state index contributed by atoms with van der Waals surface area (Å²) in [5, 5.41) is 28.6. The Hall–Kier alpha value is -0.710. The quantitative estimate of drug-likeness (QED) is 0.585. The number of Topliss-reactive ketones (excluding diaryl/α,β-unsaturated/α-hetero) is 1. The molecule has 0 bridgehead atoms. The van der Waals surface area contributed by atoms with Gasteiger partial charge in [-0.2, -0.15) is 0 Å². The zero-order valence-electron chi connectivity index (χ0n) is 10.3. The molecular formula is C12H22O4. The van der Waals surface area contributed by atoms with Crippen LogP contribution in [0.4, 0.5) is 0 Å². The van der Waals surface area contributed by atoms with E-state index in [2.05, 4.69) is 0 Å². The fourth-order valence-corrected chi connectivity index (χ4v) is 1.11.